The summed E-state index contributed by atoms with van der Waals surface area (Å²) in [7, 11) is -10.2. The molecule has 0 saturated carbocycles. The van der Waals surface area contributed by atoms with Crippen LogP contribution in [0.15, 0.2) is 61.2 Å². The molecule has 20 heteroatoms. The normalized spacial score (nSPS) is 12.2. The molecule has 0 bridgehead atoms. The summed E-state index contributed by atoms with van der Waals surface area (Å²) in [4.78, 5) is 43.2. The molecule has 3 aromatic carbocycles. The van der Waals surface area contributed by atoms with Crippen molar-refractivity contribution in [2.75, 3.05) is 5.32 Å². The molecule has 44 heavy (non-hydrogen) atoms. The second-order valence-electron chi connectivity index (χ2n) is 9.31. The number of aromatic nitrogens is 3. The van der Waals surface area contributed by atoms with Gasteiger partial charge in [0.15, 0.2) is 5.75 Å². The summed E-state index contributed by atoms with van der Waals surface area (Å²) in [5.41, 5.74) is -3.60. The van der Waals surface area contributed by atoms with Gasteiger partial charge in [-0.1, -0.05) is 13.8 Å². The third kappa shape index (κ3) is 6.67. The molecule has 4 aromatic rings. The van der Waals surface area contributed by atoms with Crippen LogP contribution >= 0.6 is 0 Å². The molecule has 0 aliphatic rings. The molecule has 7 N–H and O–H groups in total. The largest absolute Gasteiger partial charge is 0.505 e. The molecule has 0 spiro atoms. The Morgan fingerprint density at radius 2 is 1.50 bits per heavy atom. The van der Waals surface area contributed by atoms with E-state index in [0.29, 0.717) is 6.07 Å². The lowest BCUT2D eigenvalue weighted by Crippen LogP contribution is -2.18. The van der Waals surface area contributed by atoms with Gasteiger partial charge in [0.1, 0.15) is 16.4 Å². The van der Waals surface area contributed by atoms with Gasteiger partial charge in [0.25, 0.3) is 20.2 Å². The fourth-order valence-corrected chi connectivity index (χ4v) is 5.08. The van der Waals surface area contributed by atoms with Gasteiger partial charge in [0.05, 0.1) is 27.4 Å². The number of benzene rings is 3. The van der Waals surface area contributed by atoms with E-state index in [2.05, 4.69) is 30.5 Å². The number of carbonyl (C=O) groups is 2. The average Bonchev–Trinajstić information content (AvgIpc) is 2.90. The van der Waals surface area contributed by atoms with E-state index in [-0.39, 0.29) is 34.2 Å². The van der Waals surface area contributed by atoms with Crippen LogP contribution in [0.3, 0.4) is 0 Å². The van der Waals surface area contributed by atoms with Crippen LogP contribution in [0.25, 0.3) is 10.8 Å². The third-order valence-corrected chi connectivity index (χ3v) is 7.54. The maximum Gasteiger partial charge on any atom is 0.349 e. The number of fused-ring (bicyclic) bond motifs is 1. The van der Waals surface area contributed by atoms with Crippen LogP contribution in [0.1, 0.15) is 46.3 Å². The van der Waals surface area contributed by atoms with Crippen molar-refractivity contribution in [3.8, 4) is 5.75 Å². The summed E-state index contributed by atoms with van der Waals surface area (Å²) in [6, 6.07) is 4.87. The van der Waals surface area contributed by atoms with Crippen LogP contribution in [0.2, 0.25) is 0 Å². The van der Waals surface area contributed by atoms with Crippen molar-refractivity contribution in [1.29, 1.82) is 0 Å². The molecule has 0 amide bonds. The summed E-state index contributed by atoms with van der Waals surface area (Å²) < 4.78 is 68.2. The smallest absolute Gasteiger partial charge is 0.349 e. The second-order valence-corrected chi connectivity index (χ2v) is 12.1. The van der Waals surface area contributed by atoms with Crippen LogP contribution in [0.5, 0.6) is 5.75 Å². The molecular weight excluding hydrogens is 628 g/mol. The van der Waals surface area contributed by atoms with Crippen molar-refractivity contribution >= 4 is 66.0 Å². The molecule has 0 unspecified atom stereocenters. The van der Waals surface area contributed by atoms with Gasteiger partial charge in [-0.25, -0.2) is 14.4 Å². The average molecular weight is 649 g/mol. The van der Waals surface area contributed by atoms with E-state index in [1.165, 1.54) is 0 Å². The van der Waals surface area contributed by atoms with Gasteiger partial charge in [-0.3, -0.25) is 14.1 Å². The van der Waals surface area contributed by atoms with Gasteiger partial charge in [-0.05, 0) is 41.8 Å². The summed E-state index contributed by atoms with van der Waals surface area (Å²) >= 11 is 0. The Labute approximate surface area is 246 Å². The SMILES string of the molecule is CC(C)c1nc(Nc2cc(S(=O)(=O)O)cc3cc(S(=O)(=O)O)c(N=Nc4cc(C(=O)O)cc(C(=O)O)c4)c(O)c23)nc(=O)[nH]1. The number of aromatic carboxylic acids is 2. The number of azo groups is 1. The first-order chi connectivity index (χ1) is 20.3. The number of anilines is 2. The Kier molecular flexibility index (Phi) is 8.20. The minimum absolute atomic E-state index is 0.166. The molecule has 1 heterocycles. The number of phenols is 1. The number of phenolic OH excluding ortho intramolecular Hbond substituents is 1. The van der Waals surface area contributed by atoms with Gasteiger partial charge in [-0.15, -0.1) is 5.11 Å². The van der Waals surface area contributed by atoms with Gasteiger partial charge < -0.3 is 20.6 Å². The first kappa shape index (κ1) is 31.6. The molecule has 0 saturated heterocycles. The maximum absolute atomic E-state index is 12.3. The number of nitrogens with zero attached hydrogens (tertiary/aromatic N) is 4. The molecular formula is C24H20N6O12S2. The molecule has 18 nitrogen and oxygen atoms in total. The predicted octanol–water partition coefficient (Wildman–Crippen LogP) is 3.20. The molecule has 0 aliphatic heterocycles. The lowest BCUT2D eigenvalue weighted by Gasteiger charge is -2.15. The van der Waals surface area contributed by atoms with Crippen molar-refractivity contribution < 1.29 is 50.8 Å². The van der Waals surface area contributed by atoms with Crippen molar-refractivity contribution in [2.24, 2.45) is 10.2 Å². The highest BCUT2D eigenvalue weighted by atomic mass is 32.2. The molecule has 1 aromatic heterocycles. The summed E-state index contributed by atoms with van der Waals surface area (Å²) in [5, 5.41) is 38.9. The number of carboxylic acid groups (broad SMARTS) is 2. The lowest BCUT2D eigenvalue weighted by molar-refractivity contribution is 0.0696. The van der Waals surface area contributed by atoms with Crippen molar-refractivity contribution in [3.63, 3.8) is 0 Å². The van der Waals surface area contributed by atoms with Crippen LogP contribution in [-0.4, -0.2) is 68.2 Å². The number of rotatable bonds is 9. The summed E-state index contributed by atoms with van der Waals surface area (Å²) in [6.45, 7) is 3.39. The topological polar surface area (TPSA) is 299 Å². The van der Waals surface area contributed by atoms with Crippen LogP contribution < -0.4 is 11.0 Å². The standard InChI is InChI=1S/C24H20N6O12S2/c1-9(2)20-26-23(28-24(36)27-20)25-15-8-14(43(37,38)39)6-10-7-16(44(40,41)42)18(19(31)17(10)15)30-29-13-4-11(21(32)33)3-12(5-13)22(34)35/h3-9,31H,1-2H3,(H,32,33)(H,34,35)(H,37,38,39)(H,40,41,42)(H2,25,26,27,28,36). The van der Waals surface area contributed by atoms with E-state index in [4.69, 9.17) is 0 Å². The molecule has 0 fully saturated rings. The predicted molar refractivity (Wildman–Crippen MR) is 150 cm³/mol. The molecule has 230 valence electrons. The first-order valence-electron chi connectivity index (χ1n) is 11.9. The lowest BCUT2D eigenvalue weighted by atomic mass is 10.1. The Morgan fingerprint density at radius 3 is 2.02 bits per heavy atom. The van der Waals surface area contributed by atoms with E-state index in [9.17, 15) is 55.6 Å². The van der Waals surface area contributed by atoms with Gasteiger partial charge in [0.2, 0.25) is 5.95 Å². The summed E-state index contributed by atoms with van der Waals surface area (Å²) in [6.07, 6.45) is 0. The Bertz CT molecular complexity index is 2150. The highest BCUT2D eigenvalue weighted by molar-refractivity contribution is 7.86. The van der Waals surface area contributed by atoms with E-state index < -0.39 is 75.9 Å². The van der Waals surface area contributed by atoms with E-state index in [0.717, 1.165) is 30.3 Å². The zero-order chi connectivity index (χ0) is 32.7. The molecule has 0 atom stereocenters. The first-order valence-corrected chi connectivity index (χ1v) is 14.8. The Morgan fingerprint density at radius 1 is 0.886 bits per heavy atom. The molecule has 4 rings (SSSR count). The zero-order valence-electron chi connectivity index (χ0n) is 22.2. The van der Waals surface area contributed by atoms with Gasteiger partial charge >= 0.3 is 17.6 Å². The van der Waals surface area contributed by atoms with Crippen LogP contribution in [0, 0.1) is 0 Å². The van der Waals surface area contributed by atoms with Gasteiger partial charge in [0, 0.05) is 11.3 Å². The van der Waals surface area contributed by atoms with Crippen molar-refractivity contribution in [3.05, 3.63) is 63.8 Å². The van der Waals surface area contributed by atoms with Crippen molar-refractivity contribution in [1.82, 2.24) is 15.0 Å². The highest BCUT2D eigenvalue weighted by Gasteiger charge is 2.26. The number of aromatic amines is 1. The number of H-pyrrole nitrogens is 1. The Hall–Kier alpha value is -5.31. The number of hydrogen-bond donors (Lipinski definition) is 7. The minimum atomic E-state index is -5.24. The molecule has 0 radical (unpaired) electrons. The fraction of sp³-hybridized carbons (Fsp3) is 0.125. The van der Waals surface area contributed by atoms with E-state index in [1.807, 2.05) is 0 Å². The fourth-order valence-electron chi connectivity index (χ4n) is 3.87. The monoisotopic (exact) mass is 648 g/mol. The van der Waals surface area contributed by atoms with E-state index in [1.54, 1.807) is 13.8 Å². The third-order valence-electron chi connectivity index (χ3n) is 5.84. The minimum Gasteiger partial charge on any atom is -0.505 e. The maximum atomic E-state index is 12.3. The van der Waals surface area contributed by atoms with Crippen LogP contribution in [-0.2, 0) is 20.2 Å². The quantitative estimate of drug-likeness (QED) is 0.101. The van der Waals surface area contributed by atoms with Gasteiger partial charge in [-0.2, -0.15) is 31.9 Å². The molecule has 0 aliphatic carbocycles. The Balaban J connectivity index is 2.04. The number of nitrogens with one attached hydrogen (secondary N) is 2. The van der Waals surface area contributed by atoms with Crippen molar-refractivity contribution in [2.45, 2.75) is 29.6 Å². The van der Waals surface area contributed by atoms with Crippen LogP contribution in [0.4, 0.5) is 23.0 Å². The number of hydrogen-bond acceptors (Lipinski definition) is 13. The highest BCUT2D eigenvalue weighted by Crippen LogP contribution is 2.45. The zero-order valence-corrected chi connectivity index (χ0v) is 23.9. The van der Waals surface area contributed by atoms with E-state index >= 15 is 0 Å². The number of aromatic hydroxyl groups is 1. The number of carboxylic acids is 2. The second kappa shape index (κ2) is 11.4. The summed E-state index contributed by atoms with van der Waals surface area (Å²) in [5.74, 6) is -4.61.